The minimum Gasteiger partial charge on any atom is -0.457 e. The number of ether oxygens (including phenoxy) is 2. The maximum absolute atomic E-state index is 5.94. The Morgan fingerprint density at radius 2 is 2.21 bits per heavy atom. The molecule has 0 radical (unpaired) electrons. The molecular weight excluding hydrogens is 268 g/mol. The van der Waals surface area contributed by atoms with Gasteiger partial charge in [-0.05, 0) is 0 Å². The summed E-state index contributed by atoms with van der Waals surface area (Å²) in [6.07, 6.45) is 4.88. The zero-order valence-electron chi connectivity index (χ0n) is 10.2. The summed E-state index contributed by atoms with van der Waals surface area (Å²) in [6.45, 7) is 1.65. The van der Waals surface area contributed by atoms with Crippen LogP contribution in [0.25, 0.3) is 0 Å². The van der Waals surface area contributed by atoms with Gasteiger partial charge in [-0.25, -0.2) is 0 Å². The van der Waals surface area contributed by atoms with Crippen molar-refractivity contribution in [2.75, 3.05) is 23.3 Å². The molecule has 1 spiro atoms. The van der Waals surface area contributed by atoms with Gasteiger partial charge in [-0.15, -0.1) is 10.2 Å². The highest BCUT2D eigenvalue weighted by molar-refractivity contribution is 6.29. The van der Waals surface area contributed by atoms with E-state index in [2.05, 4.69) is 20.4 Å². The minimum atomic E-state index is -0.482. The number of nitrogens with zero attached hydrogens (tertiary/aromatic N) is 3. The SMILES string of the molecule is Clc1cc2c(nn1)NCC1CC3(CCN21)OC=CO3. The Kier molecular flexibility index (Phi) is 2.29. The molecule has 4 heterocycles. The molecule has 4 rings (SSSR count). The first-order chi connectivity index (χ1) is 9.26. The van der Waals surface area contributed by atoms with Gasteiger partial charge in [0, 0.05) is 32.0 Å². The van der Waals surface area contributed by atoms with Gasteiger partial charge in [0.1, 0.15) is 12.5 Å². The van der Waals surface area contributed by atoms with Gasteiger partial charge in [-0.2, -0.15) is 0 Å². The maximum Gasteiger partial charge on any atom is 0.253 e. The smallest absolute Gasteiger partial charge is 0.253 e. The lowest BCUT2D eigenvalue weighted by Gasteiger charge is -2.46. The fourth-order valence-corrected chi connectivity index (χ4v) is 3.15. The van der Waals surface area contributed by atoms with Crippen LogP contribution in [0.2, 0.25) is 5.15 Å². The number of piperidine rings is 1. The van der Waals surface area contributed by atoms with Crippen LogP contribution in [0.4, 0.5) is 11.5 Å². The molecule has 1 aromatic rings. The third-order valence-electron chi connectivity index (χ3n) is 3.90. The molecule has 1 unspecified atom stereocenters. The summed E-state index contributed by atoms with van der Waals surface area (Å²) in [5.74, 6) is 0.313. The largest absolute Gasteiger partial charge is 0.457 e. The number of nitrogens with one attached hydrogen (secondary N) is 1. The summed E-state index contributed by atoms with van der Waals surface area (Å²) in [6, 6.07) is 2.16. The summed E-state index contributed by atoms with van der Waals surface area (Å²) in [5.41, 5.74) is 1.01. The molecule has 0 aliphatic carbocycles. The number of hydrogen-bond acceptors (Lipinski definition) is 6. The first-order valence-corrected chi connectivity index (χ1v) is 6.68. The van der Waals surface area contributed by atoms with Crippen LogP contribution in [-0.4, -0.2) is 35.1 Å². The van der Waals surface area contributed by atoms with E-state index in [4.69, 9.17) is 21.1 Å². The van der Waals surface area contributed by atoms with Crippen molar-refractivity contribution < 1.29 is 9.47 Å². The fraction of sp³-hybridized carbons (Fsp3) is 0.500. The van der Waals surface area contributed by atoms with Crippen LogP contribution >= 0.6 is 11.6 Å². The van der Waals surface area contributed by atoms with Gasteiger partial charge in [0.2, 0.25) is 0 Å². The summed E-state index contributed by atoms with van der Waals surface area (Å²) in [7, 11) is 0. The summed E-state index contributed by atoms with van der Waals surface area (Å²) < 4.78 is 11.3. The molecule has 19 heavy (non-hydrogen) atoms. The van der Waals surface area contributed by atoms with E-state index >= 15 is 0 Å². The van der Waals surface area contributed by atoms with Gasteiger partial charge >= 0.3 is 0 Å². The van der Waals surface area contributed by atoms with Gasteiger partial charge in [0.15, 0.2) is 11.0 Å². The highest BCUT2D eigenvalue weighted by Gasteiger charge is 2.46. The number of rotatable bonds is 0. The van der Waals surface area contributed by atoms with Crippen LogP contribution in [0.15, 0.2) is 18.6 Å². The molecule has 7 heteroatoms. The molecule has 1 fully saturated rings. The second kappa shape index (κ2) is 3.90. The Morgan fingerprint density at radius 3 is 3.05 bits per heavy atom. The summed E-state index contributed by atoms with van der Waals surface area (Å²) in [4.78, 5) is 2.31. The van der Waals surface area contributed by atoms with Crippen molar-refractivity contribution in [3.8, 4) is 0 Å². The van der Waals surface area contributed by atoms with Crippen molar-refractivity contribution in [2.24, 2.45) is 0 Å². The number of anilines is 2. The van der Waals surface area contributed by atoms with Gasteiger partial charge in [-0.1, -0.05) is 11.6 Å². The monoisotopic (exact) mass is 280 g/mol. The van der Waals surface area contributed by atoms with E-state index in [0.29, 0.717) is 11.2 Å². The molecule has 1 aromatic heterocycles. The summed E-state index contributed by atoms with van der Waals surface area (Å²) in [5, 5.41) is 11.7. The molecule has 1 saturated heterocycles. The lowest BCUT2D eigenvalue weighted by atomic mass is 9.94. The standard InChI is InChI=1S/C12H13ClN4O2/c13-10-5-9-11(16-15-10)14-7-8-6-12(1-2-17(8)9)18-3-4-19-12/h3-5,8H,1-2,6-7H2,(H,14,16). The van der Waals surface area contributed by atoms with Crippen molar-refractivity contribution in [1.82, 2.24) is 10.2 Å². The predicted molar refractivity (Wildman–Crippen MR) is 69.9 cm³/mol. The highest BCUT2D eigenvalue weighted by Crippen LogP contribution is 2.41. The normalized spacial score (nSPS) is 26.2. The van der Waals surface area contributed by atoms with Gasteiger partial charge in [-0.3, -0.25) is 0 Å². The number of halogens is 1. The fourth-order valence-electron chi connectivity index (χ4n) is 3.01. The third kappa shape index (κ3) is 1.70. The first-order valence-electron chi connectivity index (χ1n) is 6.30. The highest BCUT2D eigenvalue weighted by atomic mass is 35.5. The zero-order valence-corrected chi connectivity index (χ0v) is 10.9. The minimum absolute atomic E-state index is 0.307. The Balaban J connectivity index is 1.64. The first kappa shape index (κ1) is 11.2. The van der Waals surface area contributed by atoms with E-state index in [0.717, 1.165) is 37.4 Å². The second-order valence-electron chi connectivity index (χ2n) is 5.00. The average Bonchev–Trinajstić information content (AvgIpc) is 2.86. The van der Waals surface area contributed by atoms with Crippen molar-refractivity contribution >= 4 is 23.1 Å². The summed E-state index contributed by atoms with van der Waals surface area (Å²) >= 11 is 5.94. The zero-order chi connectivity index (χ0) is 12.9. The Hall–Kier alpha value is -1.69. The lowest BCUT2D eigenvalue weighted by molar-refractivity contribution is -0.160. The van der Waals surface area contributed by atoms with E-state index in [-0.39, 0.29) is 0 Å². The third-order valence-corrected chi connectivity index (χ3v) is 4.09. The van der Waals surface area contributed by atoms with Crippen molar-refractivity contribution in [3.05, 3.63) is 23.7 Å². The average molecular weight is 281 g/mol. The van der Waals surface area contributed by atoms with Gasteiger partial charge in [0.05, 0.1) is 11.7 Å². The topological polar surface area (TPSA) is 59.5 Å². The van der Waals surface area contributed by atoms with E-state index in [1.165, 1.54) is 0 Å². The van der Waals surface area contributed by atoms with Gasteiger partial charge < -0.3 is 19.7 Å². The molecule has 0 aromatic carbocycles. The van der Waals surface area contributed by atoms with Crippen LogP contribution < -0.4 is 10.2 Å². The molecule has 3 aliphatic rings. The van der Waals surface area contributed by atoms with Crippen LogP contribution in [0.3, 0.4) is 0 Å². The number of fused-ring (bicyclic) bond motifs is 3. The van der Waals surface area contributed by atoms with E-state index in [1.54, 1.807) is 12.5 Å². The van der Waals surface area contributed by atoms with Crippen LogP contribution in [0, 0.1) is 0 Å². The lowest BCUT2D eigenvalue weighted by Crippen LogP contribution is -2.55. The van der Waals surface area contributed by atoms with E-state index in [9.17, 15) is 0 Å². The van der Waals surface area contributed by atoms with E-state index in [1.807, 2.05) is 6.07 Å². The Morgan fingerprint density at radius 1 is 1.37 bits per heavy atom. The van der Waals surface area contributed by atoms with Gasteiger partial charge in [0.25, 0.3) is 5.79 Å². The molecule has 0 bridgehead atoms. The van der Waals surface area contributed by atoms with Crippen molar-refractivity contribution in [1.29, 1.82) is 0 Å². The Labute approximate surface area is 115 Å². The molecule has 0 saturated carbocycles. The second-order valence-corrected chi connectivity index (χ2v) is 5.39. The van der Waals surface area contributed by atoms with E-state index < -0.39 is 5.79 Å². The predicted octanol–water partition coefficient (Wildman–Crippen LogP) is 1.74. The molecule has 0 amide bonds. The molecule has 6 nitrogen and oxygen atoms in total. The van der Waals surface area contributed by atoms with Crippen LogP contribution in [-0.2, 0) is 9.47 Å². The quantitative estimate of drug-likeness (QED) is 0.781. The molecular formula is C12H13ClN4O2. The number of hydrogen-bond donors (Lipinski definition) is 1. The molecule has 100 valence electrons. The molecule has 3 aliphatic heterocycles. The van der Waals surface area contributed by atoms with Crippen molar-refractivity contribution in [2.45, 2.75) is 24.7 Å². The molecule has 1 N–H and O–H groups in total. The van der Waals surface area contributed by atoms with Crippen LogP contribution in [0.1, 0.15) is 12.8 Å². The number of aromatic nitrogens is 2. The van der Waals surface area contributed by atoms with Crippen molar-refractivity contribution in [3.63, 3.8) is 0 Å². The van der Waals surface area contributed by atoms with Crippen LogP contribution in [0.5, 0.6) is 0 Å². The maximum atomic E-state index is 5.94. The molecule has 1 atom stereocenters. The Bertz CT molecular complexity index is 543.